The molecule has 9 nitrogen and oxygen atoms in total. The number of rotatable bonds is 8. The minimum absolute atomic E-state index is 0.0222. The molecule has 1 unspecified atom stereocenters. The lowest BCUT2D eigenvalue weighted by molar-refractivity contribution is -0.153. The van der Waals surface area contributed by atoms with Gasteiger partial charge < -0.3 is 24.8 Å². The van der Waals surface area contributed by atoms with Crippen LogP contribution in [-0.4, -0.2) is 50.1 Å². The number of amides is 1. The molecule has 1 atom stereocenters. The van der Waals surface area contributed by atoms with E-state index in [1.165, 1.54) is 17.0 Å². The van der Waals surface area contributed by atoms with Crippen LogP contribution in [0.4, 0.5) is 15.8 Å². The Morgan fingerprint density at radius 1 is 1.15 bits per heavy atom. The summed E-state index contributed by atoms with van der Waals surface area (Å²) in [6.07, 6.45) is 0. The topological polar surface area (TPSA) is 118 Å². The second-order valence-electron chi connectivity index (χ2n) is 9.53. The van der Waals surface area contributed by atoms with Crippen molar-refractivity contribution in [3.63, 3.8) is 0 Å². The minimum Gasteiger partial charge on any atom is -0.489 e. The number of carbonyl (C=O) groups excluding carboxylic acids is 2. The maximum Gasteiger partial charge on any atom is 0.397 e. The van der Waals surface area contributed by atoms with Crippen LogP contribution in [0.25, 0.3) is 0 Å². The highest BCUT2D eigenvalue weighted by molar-refractivity contribution is 6.38. The Kier molecular flexibility index (Phi) is 8.04. The first-order valence-electron chi connectivity index (χ1n) is 12.4. The van der Waals surface area contributed by atoms with E-state index < -0.39 is 23.3 Å². The van der Waals surface area contributed by atoms with E-state index in [2.05, 4.69) is 0 Å². The predicted molar refractivity (Wildman–Crippen MR) is 146 cm³/mol. The number of hydrogen-bond acceptors (Lipinski definition) is 7. The maximum atomic E-state index is 13.9. The Hall–Kier alpha value is -4.60. The van der Waals surface area contributed by atoms with Gasteiger partial charge in [-0.15, -0.1) is 0 Å². The Morgan fingerprint density at radius 3 is 2.56 bits per heavy atom. The van der Waals surface area contributed by atoms with Crippen LogP contribution in [-0.2, 0) is 20.9 Å². The fourth-order valence-electron chi connectivity index (χ4n) is 4.40. The van der Waals surface area contributed by atoms with Crippen LogP contribution < -0.4 is 25.0 Å². The summed E-state index contributed by atoms with van der Waals surface area (Å²) in [6, 6.07) is 17.9. The van der Waals surface area contributed by atoms with Gasteiger partial charge in [0.05, 0.1) is 25.4 Å². The van der Waals surface area contributed by atoms with Gasteiger partial charge in [-0.2, -0.15) is 0 Å². The van der Waals surface area contributed by atoms with Crippen molar-refractivity contribution in [2.75, 3.05) is 36.6 Å². The first-order chi connectivity index (χ1) is 18.6. The Balaban J connectivity index is 1.59. The van der Waals surface area contributed by atoms with Crippen molar-refractivity contribution in [1.29, 1.82) is 5.41 Å². The highest BCUT2D eigenvalue weighted by Crippen LogP contribution is 2.39. The summed E-state index contributed by atoms with van der Waals surface area (Å²) >= 11 is 0. The molecule has 1 heterocycles. The van der Waals surface area contributed by atoms with E-state index >= 15 is 0 Å². The number of fused-ring (bicyclic) bond motifs is 1. The molecule has 1 aliphatic heterocycles. The first kappa shape index (κ1) is 27.4. The molecule has 4 rings (SSSR count). The normalized spacial score (nSPS) is 16.1. The first-order valence-corrected chi connectivity index (χ1v) is 12.4. The lowest BCUT2D eigenvalue weighted by Crippen LogP contribution is -2.51. The zero-order chi connectivity index (χ0) is 28.2. The van der Waals surface area contributed by atoms with Crippen LogP contribution in [0.15, 0.2) is 66.7 Å². The number of nitrogen functional groups attached to an aromatic ring is 1. The predicted octanol–water partition coefficient (Wildman–Crippen LogP) is 3.87. The molecule has 204 valence electrons. The van der Waals surface area contributed by atoms with Gasteiger partial charge in [-0.25, -0.2) is 9.18 Å². The van der Waals surface area contributed by atoms with Crippen molar-refractivity contribution in [2.24, 2.45) is 5.73 Å². The molecule has 0 aliphatic carbocycles. The molecule has 1 aliphatic rings. The number of nitrogens with one attached hydrogen (secondary N) is 1. The number of amidine groups is 1. The fourth-order valence-corrected chi connectivity index (χ4v) is 4.40. The van der Waals surface area contributed by atoms with Gasteiger partial charge >= 0.3 is 11.9 Å². The number of anilines is 2. The van der Waals surface area contributed by atoms with E-state index in [0.717, 1.165) is 5.69 Å². The molecule has 3 N–H and O–H groups in total. The second kappa shape index (κ2) is 11.4. The largest absolute Gasteiger partial charge is 0.489 e. The fraction of sp³-hybridized carbons (Fsp3) is 0.276. The van der Waals surface area contributed by atoms with Gasteiger partial charge in [0.1, 0.15) is 29.8 Å². The molecule has 10 heteroatoms. The molecule has 3 aromatic rings. The van der Waals surface area contributed by atoms with E-state index in [0.29, 0.717) is 34.9 Å². The number of hydrogen-bond donors (Lipinski definition) is 2. The smallest absolute Gasteiger partial charge is 0.397 e. The summed E-state index contributed by atoms with van der Waals surface area (Å²) in [5.74, 6) is -1.23. The van der Waals surface area contributed by atoms with Crippen molar-refractivity contribution >= 4 is 29.1 Å². The van der Waals surface area contributed by atoms with Crippen LogP contribution >= 0.6 is 0 Å². The zero-order valence-corrected chi connectivity index (χ0v) is 22.1. The van der Waals surface area contributed by atoms with Gasteiger partial charge in [0.25, 0.3) is 0 Å². The molecular weight excluding hydrogens is 503 g/mol. The lowest BCUT2D eigenvalue weighted by atomic mass is 10.0. The molecule has 1 amide bonds. The van der Waals surface area contributed by atoms with Crippen molar-refractivity contribution in [3.05, 3.63) is 83.7 Å². The molecule has 39 heavy (non-hydrogen) atoms. The van der Waals surface area contributed by atoms with E-state index in [9.17, 15) is 14.0 Å². The van der Waals surface area contributed by atoms with Crippen LogP contribution in [0.3, 0.4) is 0 Å². The van der Waals surface area contributed by atoms with Gasteiger partial charge in [-0.1, -0.05) is 12.1 Å². The van der Waals surface area contributed by atoms with Crippen molar-refractivity contribution in [3.8, 4) is 11.5 Å². The van der Waals surface area contributed by atoms with Gasteiger partial charge in [0.15, 0.2) is 5.60 Å². The van der Waals surface area contributed by atoms with Crippen LogP contribution in [0, 0.1) is 11.2 Å². The third-order valence-corrected chi connectivity index (χ3v) is 6.23. The molecule has 0 aromatic heterocycles. The van der Waals surface area contributed by atoms with Gasteiger partial charge in [0, 0.05) is 24.4 Å². The number of nitrogens with two attached hydrogens (primary N) is 1. The Labute approximate surface area is 226 Å². The van der Waals surface area contributed by atoms with E-state index in [1.807, 2.05) is 24.9 Å². The minimum atomic E-state index is -1.00. The number of carbonyl (C=O) groups is 2. The van der Waals surface area contributed by atoms with Crippen molar-refractivity contribution in [1.82, 2.24) is 0 Å². The number of nitrogens with zero attached hydrogens (tertiary/aromatic N) is 2. The van der Waals surface area contributed by atoms with Crippen LogP contribution in [0.2, 0.25) is 0 Å². The van der Waals surface area contributed by atoms with Crippen LogP contribution in [0.1, 0.15) is 25.0 Å². The lowest BCUT2D eigenvalue weighted by Gasteiger charge is -2.41. The molecule has 3 aromatic carbocycles. The summed E-state index contributed by atoms with van der Waals surface area (Å²) in [5.41, 5.74) is 7.08. The number of esters is 1. The Morgan fingerprint density at radius 2 is 1.90 bits per heavy atom. The molecule has 0 saturated carbocycles. The highest BCUT2D eigenvalue weighted by Gasteiger charge is 2.36. The average molecular weight is 535 g/mol. The highest BCUT2D eigenvalue weighted by atomic mass is 19.1. The number of likely N-dealkylation sites (N-methyl/N-ethyl adjacent to an activating group) is 1. The summed E-state index contributed by atoms with van der Waals surface area (Å²) < 4.78 is 31.2. The molecule has 0 saturated heterocycles. The van der Waals surface area contributed by atoms with Gasteiger partial charge in [-0.3, -0.25) is 15.1 Å². The molecule has 0 radical (unpaired) electrons. The van der Waals surface area contributed by atoms with E-state index in [4.69, 9.17) is 25.4 Å². The van der Waals surface area contributed by atoms with Gasteiger partial charge in [0.2, 0.25) is 0 Å². The standard InChI is InChI=1S/C29H31FN4O5/c1-4-37-28(36)27(35)34(16-19-6-5-7-21(30)14-19)22-10-13-24-25(15-22)39-29(2,17-33(24)3)18-38-23-11-8-20(9-12-23)26(31)32/h5-15H,4,16-18H2,1-3H3,(H3,31,32). The third kappa shape index (κ3) is 6.46. The molecular formula is C29H31FN4O5. The summed E-state index contributed by atoms with van der Waals surface area (Å²) in [4.78, 5) is 28.7. The van der Waals surface area contributed by atoms with E-state index in [1.54, 1.807) is 55.5 Å². The number of benzene rings is 3. The van der Waals surface area contributed by atoms with E-state index in [-0.39, 0.29) is 25.6 Å². The van der Waals surface area contributed by atoms with Crippen molar-refractivity contribution in [2.45, 2.75) is 26.0 Å². The summed E-state index contributed by atoms with van der Waals surface area (Å²) in [7, 11) is 1.93. The number of ether oxygens (including phenoxy) is 3. The monoisotopic (exact) mass is 534 g/mol. The van der Waals surface area contributed by atoms with Gasteiger partial charge in [-0.05, 0) is 67.9 Å². The average Bonchev–Trinajstić information content (AvgIpc) is 2.90. The van der Waals surface area contributed by atoms with Crippen molar-refractivity contribution < 1.29 is 28.2 Å². The third-order valence-electron chi connectivity index (χ3n) is 6.23. The number of halogens is 1. The summed E-state index contributed by atoms with van der Waals surface area (Å²) in [5, 5.41) is 7.53. The molecule has 0 spiro atoms. The quantitative estimate of drug-likeness (QED) is 0.195. The SMILES string of the molecule is CCOC(=O)C(=O)N(Cc1cccc(F)c1)c1ccc2c(c1)OC(C)(COc1ccc(C(=N)N)cc1)CN2C. The molecule has 0 fully saturated rings. The molecule has 0 bridgehead atoms. The zero-order valence-electron chi connectivity index (χ0n) is 22.1. The Bertz CT molecular complexity index is 1380. The van der Waals surface area contributed by atoms with Crippen LogP contribution in [0.5, 0.6) is 11.5 Å². The second-order valence-corrected chi connectivity index (χ2v) is 9.53. The maximum absolute atomic E-state index is 13.9. The summed E-state index contributed by atoms with van der Waals surface area (Å²) in [6.45, 7) is 4.28.